The average molecular weight is 214 g/mol. The van der Waals surface area contributed by atoms with Crippen molar-refractivity contribution in [3.63, 3.8) is 0 Å². The van der Waals surface area contributed by atoms with E-state index in [0.717, 1.165) is 26.2 Å². The van der Waals surface area contributed by atoms with Gasteiger partial charge in [-0.1, -0.05) is 0 Å². The molecule has 0 bridgehead atoms. The highest BCUT2D eigenvalue weighted by molar-refractivity contribution is 5.84. The summed E-state index contributed by atoms with van der Waals surface area (Å²) in [4.78, 5) is 14.1. The SMILES string of the molecule is CNC(C)(C)C(=O)NN1CCN(C)CC1. The van der Waals surface area contributed by atoms with Gasteiger partial charge in [-0.3, -0.25) is 10.2 Å². The van der Waals surface area contributed by atoms with Crippen molar-refractivity contribution in [3.8, 4) is 0 Å². The highest BCUT2D eigenvalue weighted by Gasteiger charge is 2.27. The molecule has 0 radical (unpaired) electrons. The molecule has 0 unspecified atom stereocenters. The first kappa shape index (κ1) is 12.4. The normalized spacial score (nSPS) is 20.3. The number of nitrogens with zero attached hydrogens (tertiary/aromatic N) is 2. The third-order valence-corrected chi connectivity index (χ3v) is 2.96. The van der Waals surface area contributed by atoms with Crippen LogP contribution in [0.15, 0.2) is 0 Å². The average Bonchev–Trinajstić information content (AvgIpc) is 2.21. The summed E-state index contributed by atoms with van der Waals surface area (Å²) in [5, 5.41) is 4.98. The van der Waals surface area contributed by atoms with E-state index in [4.69, 9.17) is 0 Å². The predicted octanol–water partition coefficient (Wildman–Crippen LogP) is -0.737. The smallest absolute Gasteiger partial charge is 0.253 e. The topological polar surface area (TPSA) is 47.6 Å². The molecule has 15 heavy (non-hydrogen) atoms. The fourth-order valence-corrected chi connectivity index (χ4v) is 1.32. The number of rotatable bonds is 3. The molecular weight excluding hydrogens is 192 g/mol. The molecule has 2 N–H and O–H groups in total. The van der Waals surface area contributed by atoms with Crippen LogP contribution in [-0.2, 0) is 4.79 Å². The second-order valence-corrected chi connectivity index (χ2v) is 4.61. The fourth-order valence-electron chi connectivity index (χ4n) is 1.32. The van der Waals surface area contributed by atoms with Crippen molar-refractivity contribution in [1.82, 2.24) is 20.7 Å². The Labute approximate surface area is 91.8 Å². The first-order valence-corrected chi connectivity index (χ1v) is 5.39. The van der Waals surface area contributed by atoms with E-state index in [1.54, 1.807) is 7.05 Å². The first-order valence-electron chi connectivity index (χ1n) is 5.39. The van der Waals surface area contributed by atoms with Gasteiger partial charge in [0, 0.05) is 26.2 Å². The number of nitrogens with one attached hydrogen (secondary N) is 2. The van der Waals surface area contributed by atoms with Crippen molar-refractivity contribution in [1.29, 1.82) is 0 Å². The molecule has 1 fully saturated rings. The van der Waals surface area contributed by atoms with Gasteiger partial charge in [0.15, 0.2) is 0 Å². The monoisotopic (exact) mass is 214 g/mol. The zero-order valence-electron chi connectivity index (χ0n) is 10.1. The predicted molar refractivity (Wildman–Crippen MR) is 60.4 cm³/mol. The minimum absolute atomic E-state index is 0.0227. The minimum Gasteiger partial charge on any atom is -0.307 e. The molecule has 0 aromatic heterocycles. The maximum Gasteiger partial charge on any atom is 0.253 e. The van der Waals surface area contributed by atoms with Gasteiger partial charge in [-0.05, 0) is 27.9 Å². The summed E-state index contributed by atoms with van der Waals surface area (Å²) in [6.07, 6.45) is 0. The first-order chi connectivity index (χ1) is 6.95. The number of carbonyl (C=O) groups excluding carboxylic acids is 1. The number of hydrogen-bond acceptors (Lipinski definition) is 4. The highest BCUT2D eigenvalue weighted by Crippen LogP contribution is 2.02. The molecule has 5 nitrogen and oxygen atoms in total. The van der Waals surface area contributed by atoms with Crippen LogP contribution < -0.4 is 10.7 Å². The van der Waals surface area contributed by atoms with Gasteiger partial charge < -0.3 is 10.2 Å². The van der Waals surface area contributed by atoms with Gasteiger partial charge in [0.05, 0.1) is 5.54 Å². The number of amides is 1. The molecule has 1 rings (SSSR count). The largest absolute Gasteiger partial charge is 0.307 e. The number of piperazine rings is 1. The van der Waals surface area contributed by atoms with E-state index in [-0.39, 0.29) is 5.91 Å². The molecule has 0 spiro atoms. The van der Waals surface area contributed by atoms with Crippen LogP contribution in [0.2, 0.25) is 0 Å². The molecule has 0 saturated carbocycles. The van der Waals surface area contributed by atoms with Crippen molar-refractivity contribution < 1.29 is 4.79 Å². The quantitative estimate of drug-likeness (QED) is 0.650. The Kier molecular flexibility index (Phi) is 4.07. The van der Waals surface area contributed by atoms with Gasteiger partial charge >= 0.3 is 0 Å². The van der Waals surface area contributed by atoms with Gasteiger partial charge in [-0.2, -0.15) is 0 Å². The van der Waals surface area contributed by atoms with Crippen LogP contribution in [0.5, 0.6) is 0 Å². The summed E-state index contributed by atoms with van der Waals surface area (Å²) in [5.74, 6) is 0.0227. The maximum absolute atomic E-state index is 11.8. The molecule has 1 saturated heterocycles. The number of likely N-dealkylation sites (N-methyl/N-ethyl adjacent to an activating group) is 2. The molecule has 5 heteroatoms. The minimum atomic E-state index is -0.511. The summed E-state index contributed by atoms with van der Waals surface area (Å²) in [7, 11) is 3.89. The van der Waals surface area contributed by atoms with E-state index in [2.05, 4.69) is 22.7 Å². The molecule has 1 aliphatic heterocycles. The zero-order valence-corrected chi connectivity index (χ0v) is 10.1. The van der Waals surface area contributed by atoms with Gasteiger partial charge in [-0.25, -0.2) is 5.01 Å². The molecule has 0 aromatic rings. The van der Waals surface area contributed by atoms with Crippen molar-refractivity contribution in [2.24, 2.45) is 0 Å². The van der Waals surface area contributed by atoms with E-state index in [1.807, 2.05) is 18.9 Å². The summed E-state index contributed by atoms with van der Waals surface area (Å²) in [6.45, 7) is 7.53. The van der Waals surface area contributed by atoms with Crippen LogP contribution in [0.4, 0.5) is 0 Å². The van der Waals surface area contributed by atoms with Gasteiger partial charge in [0.2, 0.25) is 0 Å². The highest BCUT2D eigenvalue weighted by atomic mass is 16.2. The molecule has 0 aromatic carbocycles. The number of hydrazine groups is 1. The lowest BCUT2D eigenvalue weighted by Crippen LogP contribution is -2.59. The van der Waals surface area contributed by atoms with Gasteiger partial charge in [0.1, 0.15) is 0 Å². The molecule has 1 aliphatic rings. The van der Waals surface area contributed by atoms with Crippen molar-refractivity contribution in [3.05, 3.63) is 0 Å². The van der Waals surface area contributed by atoms with Crippen LogP contribution in [-0.4, -0.2) is 61.6 Å². The molecule has 1 heterocycles. The third kappa shape index (κ3) is 3.44. The Balaban J connectivity index is 2.39. The Morgan fingerprint density at radius 2 is 1.73 bits per heavy atom. The molecule has 88 valence electrons. The van der Waals surface area contributed by atoms with Gasteiger partial charge in [-0.15, -0.1) is 0 Å². The lowest BCUT2D eigenvalue weighted by Gasteiger charge is -2.34. The second-order valence-electron chi connectivity index (χ2n) is 4.61. The van der Waals surface area contributed by atoms with E-state index in [9.17, 15) is 4.79 Å². The lowest BCUT2D eigenvalue weighted by molar-refractivity contribution is -0.132. The van der Waals surface area contributed by atoms with Crippen molar-refractivity contribution >= 4 is 5.91 Å². The van der Waals surface area contributed by atoms with Crippen molar-refractivity contribution in [2.75, 3.05) is 40.3 Å². The third-order valence-electron chi connectivity index (χ3n) is 2.96. The Bertz CT molecular complexity index is 221. The zero-order chi connectivity index (χ0) is 11.5. The summed E-state index contributed by atoms with van der Waals surface area (Å²) >= 11 is 0. The lowest BCUT2D eigenvalue weighted by atomic mass is 10.1. The van der Waals surface area contributed by atoms with E-state index in [1.165, 1.54) is 0 Å². The fraction of sp³-hybridized carbons (Fsp3) is 0.900. The molecule has 1 amide bonds. The summed E-state index contributed by atoms with van der Waals surface area (Å²) in [6, 6.07) is 0. The molecule has 0 atom stereocenters. The van der Waals surface area contributed by atoms with E-state index >= 15 is 0 Å². The standard InChI is InChI=1S/C10H22N4O/c1-10(2,11-3)9(15)12-14-7-5-13(4)6-8-14/h11H,5-8H2,1-4H3,(H,12,15). The molecular formula is C10H22N4O. The Morgan fingerprint density at radius 1 is 1.20 bits per heavy atom. The summed E-state index contributed by atoms with van der Waals surface area (Å²) in [5.41, 5.74) is 2.43. The number of carbonyl (C=O) groups is 1. The van der Waals surface area contributed by atoms with Crippen LogP contribution in [0.1, 0.15) is 13.8 Å². The number of hydrogen-bond donors (Lipinski definition) is 2. The van der Waals surface area contributed by atoms with Crippen LogP contribution in [0.25, 0.3) is 0 Å². The van der Waals surface area contributed by atoms with Crippen molar-refractivity contribution in [2.45, 2.75) is 19.4 Å². The Morgan fingerprint density at radius 3 is 2.20 bits per heavy atom. The van der Waals surface area contributed by atoms with E-state index in [0.29, 0.717) is 0 Å². The second kappa shape index (κ2) is 4.92. The molecule has 0 aliphatic carbocycles. The van der Waals surface area contributed by atoms with Crippen LogP contribution >= 0.6 is 0 Å². The maximum atomic E-state index is 11.8. The van der Waals surface area contributed by atoms with E-state index < -0.39 is 5.54 Å². The van der Waals surface area contributed by atoms with Crippen LogP contribution in [0.3, 0.4) is 0 Å². The summed E-state index contributed by atoms with van der Waals surface area (Å²) < 4.78 is 0. The van der Waals surface area contributed by atoms with Crippen LogP contribution in [0, 0.1) is 0 Å². The Hall–Kier alpha value is -0.650. The van der Waals surface area contributed by atoms with Gasteiger partial charge in [0.25, 0.3) is 5.91 Å².